The summed E-state index contributed by atoms with van der Waals surface area (Å²) in [7, 11) is 0. The van der Waals surface area contributed by atoms with Gasteiger partial charge in [0.25, 0.3) is 5.91 Å². The number of rotatable bonds is 5. The molecule has 0 fully saturated rings. The summed E-state index contributed by atoms with van der Waals surface area (Å²) >= 11 is 5.97. The molecule has 0 spiro atoms. The smallest absolute Gasteiger partial charge is 0.252 e. The molecular weight excluding hydrogens is 312 g/mol. The van der Waals surface area contributed by atoms with Crippen LogP contribution in [-0.4, -0.2) is 25.0 Å². The van der Waals surface area contributed by atoms with E-state index < -0.39 is 0 Å². The number of halogens is 1. The molecule has 0 aliphatic rings. The Balaban J connectivity index is 1.80. The predicted molar refractivity (Wildman–Crippen MR) is 95.1 cm³/mol. The highest BCUT2D eigenvalue weighted by atomic mass is 35.5. The summed E-state index contributed by atoms with van der Waals surface area (Å²) in [6.45, 7) is 2.75. The van der Waals surface area contributed by atoms with Gasteiger partial charge in [-0.2, -0.15) is 0 Å². The van der Waals surface area contributed by atoms with Crippen LogP contribution in [0.15, 0.2) is 53.5 Å². The number of amides is 1. The van der Waals surface area contributed by atoms with Gasteiger partial charge in [0, 0.05) is 12.2 Å². The maximum atomic E-state index is 11.9. The number of guanidine groups is 1. The van der Waals surface area contributed by atoms with Gasteiger partial charge in [-0.3, -0.25) is 9.79 Å². The fourth-order valence-electron chi connectivity index (χ4n) is 2.00. The number of aliphatic imine (C=N–C) groups is 1. The molecule has 1 amide bonds. The van der Waals surface area contributed by atoms with Crippen molar-refractivity contribution in [2.75, 3.05) is 18.4 Å². The molecule has 0 unspecified atom stereocenters. The molecule has 120 valence electrons. The van der Waals surface area contributed by atoms with E-state index in [1.807, 2.05) is 31.2 Å². The normalized spacial score (nSPS) is 11.1. The van der Waals surface area contributed by atoms with Crippen molar-refractivity contribution in [1.82, 2.24) is 5.32 Å². The lowest BCUT2D eigenvalue weighted by molar-refractivity contribution is 0.0955. The summed E-state index contributed by atoms with van der Waals surface area (Å²) in [6, 6.07) is 14.7. The van der Waals surface area contributed by atoms with Crippen molar-refractivity contribution < 1.29 is 4.79 Å². The maximum Gasteiger partial charge on any atom is 0.252 e. The number of carbonyl (C=O) groups excluding carboxylic acids is 1. The third-order valence-electron chi connectivity index (χ3n) is 3.09. The van der Waals surface area contributed by atoms with Gasteiger partial charge in [0.15, 0.2) is 5.96 Å². The number of nitrogens with one attached hydrogen (secondary N) is 2. The van der Waals surface area contributed by atoms with Crippen LogP contribution in [-0.2, 0) is 0 Å². The summed E-state index contributed by atoms with van der Waals surface area (Å²) in [6.07, 6.45) is 0. The number of carbonyl (C=O) groups is 1. The summed E-state index contributed by atoms with van der Waals surface area (Å²) in [5, 5.41) is 6.19. The Morgan fingerprint density at radius 2 is 2.00 bits per heavy atom. The van der Waals surface area contributed by atoms with E-state index in [1.54, 1.807) is 24.3 Å². The van der Waals surface area contributed by atoms with E-state index >= 15 is 0 Å². The fraction of sp³-hybridized carbons (Fsp3) is 0.176. The van der Waals surface area contributed by atoms with Gasteiger partial charge in [0.1, 0.15) is 0 Å². The van der Waals surface area contributed by atoms with E-state index in [1.165, 1.54) is 0 Å². The molecule has 2 aromatic carbocycles. The van der Waals surface area contributed by atoms with Crippen molar-refractivity contribution in [2.45, 2.75) is 6.92 Å². The Hall–Kier alpha value is -2.53. The van der Waals surface area contributed by atoms with Crippen molar-refractivity contribution in [3.63, 3.8) is 0 Å². The van der Waals surface area contributed by atoms with Crippen LogP contribution in [0.25, 0.3) is 0 Å². The summed E-state index contributed by atoms with van der Waals surface area (Å²) in [5.41, 5.74) is 8.28. The van der Waals surface area contributed by atoms with Crippen molar-refractivity contribution in [1.29, 1.82) is 0 Å². The zero-order valence-corrected chi connectivity index (χ0v) is 13.6. The molecule has 0 bridgehead atoms. The zero-order chi connectivity index (χ0) is 16.7. The van der Waals surface area contributed by atoms with Gasteiger partial charge in [-0.1, -0.05) is 35.9 Å². The molecule has 5 nitrogen and oxygen atoms in total. The first-order valence-electron chi connectivity index (χ1n) is 7.22. The molecule has 6 heteroatoms. The molecule has 0 saturated carbocycles. The van der Waals surface area contributed by atoms with E-state index in [0.717, 1.165) is 11.3 Å². The Labute approximate surface area is 140 Å². The molecule has 2 aromatic rings. The van der Waals surface area contributed by atoms with Crippen molar-refractivity contribution in [3.05, 3.63) is 64.7 Å². The second-order valence-corrected chi connectivity index (χ2v) is 5.40. The molecule has 0 heterocycles. The van der Waals surface area contributed by atoms with Crippen molar-refractivity contribution in [2.24, 2.45) is 10.7 Å². The maximum absolute atomic E-state index is 11.9. The third-order valence-corrected chi connectivity index (χ3v) is 3.42. The van der Waals surface area contributed by atoms with E-state index in [9.17, 15) is 4.79 Å². The molecule has 0 atom stereocenters. The number of hydrogen-bond donors (Lipinski definition) is 3. The standard InChI is InChI=1S/C17H19ClN4O/c1-12-5-4-6-13(11-12)22-17(19)21-10-9-20-16(23)14-7-2-3-8-15(14)18/h2-8,11H,9-10H2,1H3,(H,20,23)(H3,19,21,22). The number of anilines is 1. The summed E-state index contributed by atoms with van der Waals surface area (Å²) < 4.78 is 0. The van der Waals surface area contributed by atoms with Crippen molar-refractivity contribution in [3.8, 4) is 0 Å². The quantitative estimate of drug-likeness (QED) is 0.448. The van der Waals surface area contributed by atoms with Gasteiger partial charge >= 0.3 is 0 Å². The molecular formula is C17H19ClN4O. The second kappa shape index (κ2) is 8.19. The Bertz CT molecular complexity index is 715. The molecule has 0 radical (unpaired) electrons. The average Bonchev–Trinajstić information content (AvgIpc) is 2.52. The lowest BCUT2D eigenvalue weighted by Crippen LogP contribution is -2.28. The largest absolute Gasteiger partial charge is 0.370 e. The number of benzene rings is 2. The van der Waals surface area contributed by atoms with Crippen LogP contribution < -0.4 is 16.4 Å². The van der Waals surface area contributed by atoms with Crippen molar-refractivity contribution >= 4 is 29.2 Å². The number of aryl methyl sites for hydroxylation is 1. The monoisotopic (exact) mass is 330 g/mol. The van der Waals surface area contributed by atoms with Gasteiger partial charge in [0.2, 0.25) is 0 Å². The molecule has 4 N–H and O–H groups in total. The van der Waals surface area contributed by atoms with Crippen LogP contribution >= 0.6 is 11.6 Å². The van der Waals surface area contributed by atoms with Crippen LogP contribution in [0.1, 0.15) is 15.9 Å². The highest BCUT2D eigenvalue weighted by Gasteiger charge is 2.07. The Morgan fingerprint density at radius 3 is 2.74 bits per heavy atom. The SMILES string of the molecule is Cc1cccc(NC(N)=NCCNC(=O)c2ccccc2Cl)c1. The third kappa shape index (κ3) is 5.30. The molecule has 0 saturated heterocycles. The molecule has 0 aliphatic carbocycles. The van der Waals surface area contributed by atoms with E-state index in [4.69, 9.17) is 17.3 Å². The molecule has 23 heavy (non-hydrogen) atoms. The van der Waals surface area contributed by atoms with Gasteiger partial charge in [-0.15, -0.1) is 0 Å². The molecule has 2 rings (SSSR count). The Kier molecular flexibility index (Phi) is 6.00. The van der Waals surface area contributed by atoms with Crippen LogP contribution in [0.2, 0.25) is 5.02 Å². The van der Waals surface area contributed by atoms with Crippen LogP contribution in [0, 0.1) is 6.92 Å². The summed E-state index contributed by atoms with van der Waals surface area (Å²) in [5.74, 6) is 0.0820. The van der Waals surface area contributed by atoms with Crippen LogP contribution in [0.4, 0.5) is 5.69 Å². The highest BCUT2D eigenvalue weighted by Crippen LogP contribution is 2.14. The zero-order valence-electron chi connectivity index (χ0n) is 12.8. The topological polar surface area (TPSA) is 79.5 Å². The molecule has 0 aliphatic heterocycles. The second-order valence-electron chi connectivity index (χ2n) is 5.00. The average molecular weight is 331 g/mol. The number of nitrogens with two attached hydrogens (primary N) is 1. The van der Waals surface area contributed by atoms with Gasteiger partial charge in [-0.05, 0) is 36.8 Å². The van der Waals surface area contributed by atoms with Gasteiger partial charge in [-0.25, -0.2) is 0 Å². The molecule has 0 aromatic heterocycles. The van der Waals surface area contributed by atoms with E-state index in [0.29, 0.717) is 29.6 Å². The van der Waals surface area contributed by atoms with Gasteiger partial charge in [0.05, 0.1) is 17.1 Å². The summed E-state index contributed by atoms with van der Waals surface area (Å²) in [4.78, 5) is 16.1. The minimum absolute atomic E-state index is 0.226. The van der Waals surface area contributed by atoms with Gasteiger partial charge < -0.3 is 16.4 Å². The minimum atomic E-state index is -0.226. The Morgan fingerprint density at radius 1 is 1.22 bits per heavy atom. The first-order chi connectivity index (χ1) is 11.1. The highest BCUT2D eigenvalue weighted by molar-refractivity contribution is 6.33. The van der Waals surface area contributed by atoms with Crippen LogP contribution in [0.5, 0.6) is 0 Å². The first-order valence-corrected chi connectivity index (χ1v) is 7.60. The predicted octanol–water partition coefficient (Wildman–Crippen LogP) is 2.81. The fourth-order valence-corrected chi connectivity index (χ4v) is 2.22. The number of hydrogen-bond acceptors (Lipinski definition) is 2. The number of nitrogens with zero attached hydrogens (tertiary/aromatic N) is 1. The lowest BCUT2D eigenvalue weighted by Gasteiger charge is -2.07. The van der Waals surface area contributed by atoms with E-state index in [2.05, 4.69) is 15.6 Å². The first kappa shape index (κ1) is 16.8. The minimum Gasteiger partial charge on any atom is -0.370 e. The van der Waals surface area contributed by atoms with E-state index in [-0.39, 0.29) is 5.91 Å². The van der Waals surface area contributed by atoms with Crippen LogP contribution in [0.3, 0.4) is 0 Å². The lowest BCUT2D eigenvalue weighted by atomic mass is 10.2.